The van der Waals surface area contributed by atoms with Crippen LogP contribution >= 0.6 is 0 Å². The number of hydrogen-bond donors (Lipinski definition) is 0. The molecule has 0 aliphatic heterocycles. The Labute approximate surface area is 201 Å². The summed E-state index contributed by atoms with van der Waals surface area (Å²) in [5, 5.41) is 0. The van der Waals surface area contributed by atoms with Gasteiger partial charge in [0.15, 0.2) is 11.6 Å². The lowest BCUT2D eigenvalue weighted by molar-refractivity contribution is 0.0727. The SMILES string of the molecule is C=CCOc1ccc(-c2ccc(C(=O)Oc3ccc(-c4ccc(C)cc4)c(F)c3F)cc2)c(F)c1. The van der Waals surface area contributed by atoms with Crippen molar-refractivity contribution in [1.29, 1.82) is 0 Å². The minimum Gasteiger partial charge on any atom is -0.489 e. The quantitative estimate of drug-likeness (QED) is 0.158. The van der Waals surface area contributed by atoms with Crippen molar-refractivity contribution in [1.82, 2.24) is 0 Å². The van der Waals surface area contributed by atoms with Crippen LogP contribution in [0.4, 0.5) is 13.2 Å². The van der Waals surface area contributed by atoms with E-state index in [-0.39, 0.29) is 17.7 Å². The minimum absolute atomic E-state index is 0.0644. The second-order valence-electron chi connectivity index (χ2n) is 7.81. The van der Waals surface area contributed by atoms with Crippen molar-refractivity contribution in [3.63, 3.8) is 0 Å². The lowest BCUT2D eigenvalue weighted by Gasteiger charge is -2.10. The first kappa shape index (κ1) is 23.8. The van der Waals surface area contributed by atoms with Crippen LogP contribution in [0.1, 0.15) is 15.9 Å². The van der Waals surface area contributed by atoms with E-state index in [1.807, 2.05) is 6.92 Å². The molecule has 0 amide bonds. The van der Waals surface area contributed by atoms with Crippen molar-refractivity contribution in [2.45, 2.75) is 6.92 Å². The molecule has 0 aliphatic rings. The van der Waals surface area contributed by atoms with Gasteiger partial charge in [0.2, 0.25) is 5.82 Å². The summed E-state index contributed by atoms with van der Waals surface area (Å²) in [7, 11) is 0. The van der Waals surface area contributed by atoms with Gasteiger partial charge in [0.05, 0.1) is 5.56 Å². The van der Waals surface area contributed by atoms with E-state index in [0.29, 0.717) is 22.4 Å². The zero-order valence-corrected chi connectivity index (χ0v) is 18.9. The van der Waals surface area contributed by atoms with Gasteiger partial charge in [0.1, 0.15) is 18.2 Å². The fourth-order valence-electron chi connectivity index (χ4n) is 3.49. The van der Waals surface area contributed by atoms with Gasteiger partial charge in [-0.05, 0) is 54.4 Å². The van der Waals surface area contributed by atoms with Crippen LogP contribution in [0.15, 0.2) is 91.5 Å². The molecule has 0 aliphatic carbocycles. The second kappa shape index (κ2) is 10.3. The van der Waals surface area contributed by atoms with E-state index in [9.17, 15) is 18.0 Å². The van der Waals surface area contributed by atoms with Gasteiger partial charge in [-0.15, -0.1) is 0 Å². The van der Waals surface area contributed by atoms with Crippen LogP contribution < -0.4 is 9.47 Å². The molecule has 0 spiro atoms. The van der Waals surface area contributed by atoms with Gasteiger partial charge >= 0.3 is 5.97 Å². The van der Waals surface area contributed by atoms with Gasteiger partial charge in [-0.2, -0.15) is 4.39 Å². The van der Waals surface area contributed by atoms with Crippen molar-refractivity contribution >= 4 is 5.97 Å². The third kappa shape index (κ3) is 5.27. The molecular weight excluding hydrogens is 453 g/mol. The van der Waals surface area contributed by atoms with Crippen LogP contribution in [0.3, 0.4) is 0 Å². The van der Waals surface area contributed by atoms with E-state index in [2.05, 4.69) is 6.58 Å². The summed E-state index contributed by atoms with van der Waals surface area (Å²) in [6.07, 6.45) is 1.56. The smallest absolute Gasteiger partial charge is 0.343 e. The van der Waals surface area contributed by atoms with Crippen molar-refractivity contribution in [3.05, 3.63) is 120 Å². The zero-order valence-electron chi connectivity index (χ0n) is 18.9. The lowest BCUT2D eigenvalue weighted by atomic mass is 10.0. The number of ether oxygens (including phenoxy) is 2. The molecule has 35 heavy (non-hydrogen) atoms. The monoisotopic (exact) mass is 474 g/mol. The molecular formula is C29H21F3O3. The highest BCUT2D eigenvalue weighted by Gasteiger charge is 2.19. The van der Waals surface area contributed by atoms with Gasteiger partial charge in [-0.25, -0.2) is 13.6 Å². The standard InChI is InChI=1S/C29H21F3O3/c1-3-16-34-22-12-13-23(25(30)17-22)19-8-10-21(11-9-19)29(33)35-26-15-14-24(27(31)28(26)32)20-6-4-18(2)5-7-20/h3-15,17H,1,16H2,2H3. The summed E-state index contributed by atoms with van der Waals surface area (Å²) in [6.45, 7) is 5.69. The van der Waals surface area contributed by atoms with E-state index in [1.54, 1.807) is 42.5 Å². The second-order valence-corrected chi connectivity index (χ2v) is 7.81. The molecule has 6 heteroatoms. The molecule has 0 unspecified atom stereocenters. The number of rotatable bonds is 7. The molecule has 0 saturated carbocycles. The maximum atomic E-state index is 14.7. The number of carbonyl (C=O) groups excluding carboxylic acids is 1. The number of carbonyl (C=O) groups is 1. The van der Waals surface area contributed by atoms with E-state index >= 15 is 0 Å². The van der Waals surface area contributed by atoms with Crippen molar-refractivity contribution in [2.75, 3.05) is 6.61 Å². The highest BCUT2D eigenvalue weighted by molar-refractivity contribution is 5.91. The highest BCUT2D eigenvalue weighted by atomic mass is 19.2. The van der Waals surface area contributed by atoms with Gasteiger partial charge in [0, 0.05) is 17.2 Å². The molecule has 0 heterocycles. The van der Waals surface area contributed by atoms with E-state index in [1.165, 1.54) is 42.5 Å². The Kier molecular flexibility index (Phi) is 7.01. The normalized spacial score (nSPS) is 10.6. The summed E-state index contributed by atoms with van der Waals surface area (Å²) in [5.74, 6) is -3.87. The average molecular weight is 474 g/mol. The molecule has 0 atom stereocenters. The highest BCUT2D eigenvalue weighted by Crippen LogP contribution is 2.31. The van der Waals surface area contributed by atoms with E-state index in [0.717, 1.165) is 5.56 Å². The number of aryl methyl sites for hydroxylation is 1. The minimum atomic E-state index is -1.26. The van der Waals surface area contributed by atoms with Crippen molar-refractivity contribution in [3.8, 4) is 33.8 Å². The molecule has 0 radical (unpaired) electrons. The summed E-state index contributed by atoms with van der Waals surface area (Å²) in [5.41, 5.74) is 2.50. The van der Waals surface area contributed by atoms with Gasteiger partial charge in [0.25, 0.3) is 0 Å². The lowest BCUT2D eigenvalue weighted by Crippen LogP contribution is -2.10. The topological polar surface area (TPSA) is 35.5 Å². The summed E-state index contributed by atoms with van der Waals surface area (Å²) < 4.78 is 54.2. The first-order valence-corrected chi connectivity index (χ1v) is 10.8. The van der Waals surface area contributed by atoms with Gasteiger partial charge < -0.3 is 9.47 Å². The van der Waals surface area contributed by atoms with Crippen LogP contribution in [0.5, 0.6) is 11.5 Å². The predicted molar refractivity (Wildman–Crippen MR) is 129 cm³/mol. The Morgan fingerprint density at radius 2 is 1.46 bits per heavy atom. The van der Waals surface area contributed by atoms with Crippen LogP contribution in [-0.4, -0.2) is 12.6 Å². The molecule has 0 fully saturated rings. The van der Waals surface area contributed by atoms with Crippen LogP contribution in [-0.2, 0) is 0 Å². The fraction of sp³-hybridized carbons (Fsp3) is 0.0690. The number of halogens is 3. The maximum absolute atomic E-state index is 14.7. The van der Waals surface area contributed by atoms with Crippen LogP contribution in [0, 0.1) is 24.4 Å². The third-order valence-electron chi connectivity index (χ3n) is 5.35. The molecule has 4 aromatic carbocycles. The maximum Gasteiger partial charge on any atom is 0.343 e. The average Bonchev–Trinajstić information content (AvgIpc) is 2.86. The summed E-state index contributed by atoms with van der Waals surface area (Å²) in [4.78, 5) is 12.5. The predicted octanol–water partition coefficient (Wildman–Crippen LogP) is 7.53. The van der Waals surface area contributed by atoms with E-state index < -0.39 is 29.2 Å². The van der Waals surface area contributed by atoms with Gasteiger partial charge in [-0.1, -0.05) is 54.6 Å². The van der Waals surface area contributed by atoms with Crippen molar-refractivity contribution < 1.29 is 27.4 Å². The van der Waals surface area contributed by atoms with Crippen molar-refractivity contribution in [2.24, 2.45) is 0 Å². The largest absolute Gasteiger partial charge is 0.489 e. The third-order valence-corrected chi connectivity index (χ3v) is 5.35. The summed E-state index contributed by atoms with van der Waals surface area (Å²) >= 11 is 0. The van der Waals surface area contributed by atoms with Crippen LogP contribution in [0.2, 0.25) is 0 Å². The Morgan fingerprint density at radius 1 is 0.829 bits per heavy atom. The number of hydrogen-bond acceptors (Lipinski definition) is 3. The molecule has 0 saturated heterocycles. The van der Waals surface area contributed by atoms with Crippen LogP contribution in [0.25, 0.3) is 22.3 Å². The number of benzene rings is 4. The molecule has 3 nitrogen and oxygen atoms in total. The molecule has 0 bridgehead atoms. The molecule has 176 valence electrons. The fourth-order valence-corrected chi connectivity index (χ4v) is 3.49. The first-order chi connectivity index (χ1) is 16.9. The molecule has 0 aromatic heterocycles. The Balaban J connectivity index is 1.50. The summed E-state index contributed by atoms with van der Waals surface area (Å²) in [6, 6.07) is 19.9. The van der Waals surface area contributed by atoms with Gasteiger partial charge in [-0.3, -0.25) is 0 Å². The Morgan fingerprint density at radius 3 is 2.11 bits per heavy atom. The zero-order chi connectivity index (χ0) is 24.9. The number of esters is 1. The molecule has 4 aromatic rings. The Hall–Kier alpha value is -4.32. The molecule has 4 rings (SSSR count). The molecule has 0 N–H and O–H groups in total. The van der Waals surface area contributed by atoms with E-state index in [4.69, 9.17) is 9.47 Å². The first-order valence-electron chi connectivity index (χ1n) is 10.8. The Bertz CT molecular complexity index is 1380.